The van der Waals surface area contributed by atoms with Crippen LogP contribution in [0.4, 0.5) is 0 Å². The second-order valence-electron chi connectivity index (χ2n) is 4.75. The standard InChI is InChI=1S/C15H20O5/c1-7-8(2)11(10(4)14(17)19-5)12(15(18)20-6)13(16)9(7)3/h10,16H,1-6H3. The highest BCUT2D eigenvalue weighted by molar-refractivity contribution is 5.97. The zero-order valence-electron chi connectivity index (χ0n) is 12.7. The van der Waals surface area contributed by atoms with E-state index in [0.717, 1.165) is 11.1 Å². The second-order valence-corrected chi connectivity index (χ2v) is 4.75. The van der Waals surface area contributed by atoms with Crippen LogP contribution in [0.1, 0.15) is 45.5 Å². The average Bonchev–Trinajstić information content (AvgIpc) is 2.46. The minimum atomic E-state index is -0.667. The Morgan fingerprint density at radius 1 is 1.00 bits per heavy atom. The van der Waals surface area contributed by atoms with Gasteiger partial charge in [0.05, 0.1) is 20.1 Å². The first-order valence-corrected chi connectivity index (χ1v) is 6.26. The Bertz CT molecular complexity index is 560. The molecule has 1 N–H and O–H groups in total. The highest BCUT2D eigenvalue weighted by Crippen LogP contribution is 2.37. The number of aromatic hydroxyl groups is 1. The van der Waals surface area contributed by atoms with Crippen LogP contribution in [0.5, 0.6) is 5.75 Å². The molecule has 0 bridgehead atoms. The Kier molecular flexibility index (Phi) is 4.76. The van der Waals surface area contributed by atoms with Crippen molar-refractivity contribution in [2.24, 2.45) is 0 Å². The molecule has 5 nitrogen and oxygen atoms in total. The molecule has 1 aromatic carbocycles. The van der Waals surface area contributed by atoms with E-state index < -0.39 is 17.9 Å². The summed E-state index contributed by atoms with van der Waals surface area (Å²) in [6.45, 7) is 6.99. The van der Waals surface area contributed by atoms with Crippen LogP contribution in [0, 0.1) is 20.8 Å². The van der Waals surface area contributed by atoms with Gasteiger partial charge in [-0.25, -0.2) is 4.79 Å². The number of esters is 2. The van der Waals surface area contributed by atoms with Gasteiger partial charge in [0.2, 0.25) is 0 Å². The first-order chi connectivity index (χ1) is 9.27. The monoisotopic (exact) mass is 280 g/mol. The van der Waals surface area contributed by atoms with Crippen molar-refractivity contribution in [3.8, 4) is 5.75 Å². The lowest BCUT2D eigenvalue weighted by molar-refractivity contribution is -0.142. The summed E-state index contributed by atoms with van der Waals surface area (Å²) in [7, 11) is 2.52. The lowest BCUT2D eigenvalue weighted by Gasteiger charge is -2.21. The van der Waals surface area contributed by atoms with Crippen LogP contribution < -0.4 is 0 Å². The molecule has 0 saturated heterocycles. The molecule has 0 amide bonds. The predicted molar refractivity (Wildman–Crippen MR) is 74.1 cm³/mol. The molecule has 0 aromatic heterocycles. The van der Waals surface area contributed by atoms with Crippen molar-refractivity contribution < 1.29 is 24.2 Å². The molecule has 0 saturated carbocycles. The Morgan fingerprint density at radius 3 is 2.00 bits per heavy atom. The van der Waals surface area contributed by atoms with E-state index in [4.69, 9.17) is 9.47 Å². The third-order valence-electron chi connectivity index (χ3n) is 3.77. The summed E-state index contributed by atoms with van der Waals surface area (Å²) in [5.41, 5.74) is 2.69. The van der Waals surface area contributed by atoms with Gasteiger partial charge in [0.25, 0.3) is 0 Å². The molecule has 0 aliphatic rings. The van der Waals surface area contributed by atoms with E-state index in [9.17, 15) is 14.7 Å². The van der Waals surface area contributed by atoms with Crippen molar-refractivity contribution in [1.82, 2.24) is 0 Å². The fourth-order valence-electron chi connectivity index (χ4n) is 2.31. The van der Waals surface area contributed by atoms with E-state index in [-0.39, 0.29) is 11.3 Å². The van der Waals surface area contributed by atoms with Gasteiger partial charge >= 0.3 is 11.9 Å². The molecule has 0 fully saturated rings. The number of benzene rings is 1. The number of carbonyl (C=O) groups is 2. The van der Waals surface area contributed by atoms with Gasteiger partial charge in [0.15, 0.2) is 0 Å². The Labute approximate surface area is 118 Å². The highest BCUT2D eigenvalue weighted by atomic mass is 16.5. The largest absolute Gasteiger partial charge is 0.507 e. The molecule has 20 heavy (non-hydrogen) atoms. The molecule has 0 radical (unpaired) electrons. The molecule has 0 aliphatic carbocycles. The van der Waals surface area contributed by atoms with Gasteiger partial charge in [-0.1, -0.05) is 0 Å². The molecular formula is C15H20O5. The van der Waals surface area contributed by atoms with Gasteiger partial charge in [-0.15, -0.1) is 0 Å². The lowest BCUT2D eigenvalue weighted by atomic mass is 9.85. The van der Waals surface area contributed by atoms with Crippen molar-refractivity contribution in [3.63, 3.8) is 0 Å². The van der Waals surface area contributed by atoms with Gasteiger partial charge in [-0.05, 0) is 49.9 Å². The predicted octanol–water partition coefficient (Wildman–Crippen LogP) is 2.38. The summed E-state index contributed by atoms with van der Waals surface area (Å²) in [4.78, 5) is 23.7. The number of hydrogen-bond acceptors (Lipinski definition) is 5. The summed E-state index contributed by atoms with van der Waals surface area (Å²) >= 11 is 0. The molecule has 0 spiro atoms. The van der Waals surface area contributed by atoms with Crippen LogP contribution in [0.15, 0.2) is 0 Å². The van der Waals surface area contributed by atoms with Crippen molar-refractivity contribution in [3.05, 3.63) is 27.8 Å². The zero-order chi connectivity index (χ0) is 15.6. The van der Waals surface area contributed by atoms with Gasteiger partial charge in [0, 0.05) is 0 Å². The van der Waals surface area contributed by atoms with Crippen LogP contribution in [0.3, 0.4) is 0 Å². The fraction of sp³-hybridized carbons (Fsp3) is 0.467. The van der Waals surface area contributed by atoms with Crippen LogP contribution >= 0.6 is 0 Å². The maximum absolute atomic E-state index is 12.0. The quantitative estimate of drug-likeness (QED) is 0.861. The normalized spacial score (nSPS) is 11.9. The Balaban J connectivity index is 3.71. The molecule has 5 heteroatoms. The SMILES string of the molecule is COC(=O)c1c(O)c(C)c(C)c(C)c1C(C)C(=O)OC. The first-order valence-electron chi connectivity index (χ1n) is 6.26. The van der Waals surface area contributed by atoms with E-state index in [0.29, 0.717) is 11.1 Å². The van der Waals surface area contributed by atoms with Crippen LogP contribution in [0.2, 0.25) is 0 Å². The van der Waals surface area contributed by atoms with Crippen molar-refractivity contribution >= 4 is 11.9 Å². The fourth-order valence-corrected chi connectivity index (χ4v) is 2.31. The number of carbonyl (C=O) groups excluding carboxylic acids is 2. The van der Waals surface area contributed by atoms with E-state index in [1.807, 2.05) is 13.8 Å². The van der Waals surface area contributed by atoms with Gasteiger partial charge < -0.3 is 14.6 Å². The molecule has 1 atom stereocenters. The summed E-state index contributed by atoms with van der Waals surface area (Å²) in [6, 6.07) is 0. The van der Waals surface area contributed by atoms with Gasteiger partial charge in [0.1, 0.15) is 11.3 Å². The number of phenolic OH excluding ortho intramolecular Hbond substituents is 1. The van der Waals surface area contributed by atoms with Crippen LogP contribution in [-0.4, -0.2) is 31.3 Å². The van der Waals surface area contributed by atoms with Crippen LogP contribution in [0.25, 0.3) is 0 Å². The van der Waals surface area contributed by atoms with Gasteiger partial charge in [-0.3, -0.25) is 4.79 Å². The number of rotatable bonds is 3. The smallest absolute Gasteiger partial charge is 0.341 e. The van der Waals surface area contributed by atoms with E-state index in [1.165, 1.54) is 14.2 Å². The van der Waals surface area contributed by atoms with E-state index >= 15 is 0 Å². The summed E-state index contributed by atoms with van der Waals surface area (Å²) in [5, 5.41) is 10.2. The molecule has 0 aliphatic heterocycles. The lowest BCUT2D eigenvalue weighted by Crippen LogP contribution is -2.18. The Hall–Kier alpha value is -2.04. The highest BCUT2D eigenvalue weighted by Gasteiger charge is 2.29. The molecule has 1 rings (SSSR count). The third kappa shape index (κ3) is 2.48. The molecule has 1 unspecified atom stereocenters. The maximum Gasteiger partial charge on any atom is 0.341 e. The van der Waals surface area contributed by atoms with Crippen molar-refractivity contribution in [2.75, 3.05) is 14.2 Å². The average molecular weight is 280 g/mol. The topological polar surface area (TPSA) is 72.8 Å². The van der Waals surface area contributed by atoms with Crippen molar-refractivity contribution in [2.45, 2.75) is 33.6 Å². The third-order valence-corrected chi connectivity index (χ3v) is 3.77. The zero-order valence-corrected chi connectivity index (χ0v) is 12.7. The second kappa shape index (κ2) is 5.94. The molecule has 0 heterocycles. The van der Waals surface area contributed by atoms with E-state index in [2.05, 4.69) is 0 Å². The number of methoxy groups -OCH3 is 2. The summed E-state index contributed by atoms with van der Waals surface area (Å²) in [6.07, 6.45) is 0. The van der Waals surface area contributed by atoms with Crippen molar-refractivity contribution in [1.29, 1.82) is 0 Å². The number of hydrogen-bond donors (Lipinski definition) is 1. The van der Waals surface area contributed by atoms with Crippen LogP contribution in [-0.2, 0) is 14.3 Å². The van der Waals surface area contributed by atoms with Gasteiger partial charge in [-0.2, -0.15) is 0 Å². The number of phenols is 1. The Morgan fingerprint density at radius 2 is 1.55 bits per heavy atom. The van der Waals surface area contributed by atoms with E-state index in [1.54, 1.807) is 13.8 Å². The molecule has 1 aromatic rings. The summed E-state index contributed by atoms with van der Waals surface area (Å²) in [5.74, 6) is -1.95. The minimum absolute atomic E-state index is 0.0333. The number of ether oxygens (including phenoxy) is 2. The molecule has 110 valence electrons. The first kappa shape index (κ1) is 16.0. The maximum atomic E-state index is 12.0. The summed E-state index contributed by atoms with van der Waals surface area (Å²) < 4.78 is 9.45. The molecular weight excluding hydrogens is 260 g/mol. The minimum Gasteiger partial charge on any atom is -0.507 e.